The number of carbonyl (C=O) groups is 2. The van der Waals surface area contributed by atoms with Crippen LogP contribution >= 0.6 is 11.6 Å². The van der Waals surface area contributed by atoms with Gasteiger partial charge in [0.25, 0.3) is 11.7 Å². The molecule has 0 aromatic heterocycles. The molecule has 0 radical (unpaired) electrons. The molecule has 1 fully saturated rings. The SMILES string of the molecule is COc1ccccc1/C(O)=C1/C(=O)C(=O)N(c2ccc(Cl)cc2)C1c1cccc(C)c1. The zero-order valence-corrected chi connectivity index (χ0v) is 17.8. The summed E-state index contributed by atoms with van der Waals surface area (Å²) in [4.78, 5) is 27.7. The number of nitrogens with zero attached hydrogens (tertiary/aromatic N) is 1. The van der Waals surface area contributed by atoms with Crippen LogP contribution in [0.15, 0.2) is 78.4 Å². The quantitative estimate of drug-likeness (QED) is 0.345. The van der Waals surface area contributed by atoms with E-state index in [-0.39, 0.29) is 11.3 Å². The van der Waals surface area contributed by atoms with Gasteiger partial charge in [-0.15, -0.1) is 0 Å². The van der Waals surface area contributed by atoms with Gasteiger partial charge in [-0.3, -0.25) is 14.5 Å². The highest BCUT2D eigenvalue weighted by atomic mass is 35.5. The number of ketones is 1. The standard InChI is InChI=1S/C25H20ClNO4/c1-15-6-5-7-16(14-15)22-21(23(28)19-8-3-4-9-20(19)31-2)24(29)25(30)27(22)18-12-10-17(26)11-13-18/h3-14,22,28H,1-2H3/b23-21-. The Morgan fingerprint density at radius 1 is 1.00 bits per heavy atom. The number of hydrogen-bond acceptors (Lipinski definition) is 4. The highest BCUT2D eigenvalue weighted by Crippen LogP contribution is 2.43. The molecule has 6 heteroatoms. The molecular formula is C25H20ClNO4. The molecule has 3 aromatic rings. The van der Waals surface area contributed by atoms with Crippen LogP contribution in [0, 0.1) is 6.92 Å². The molecule has 5 nitrogen and oxygen atoms in total. The maximum atomic E-state index is 13.2. The molecule has 1 amide bonds. The molecular weight excluding hydrogens is 414 g/mol. The summed E-state index contributed by atoms with van der Waals surface area (Å²) in [5.74, 6) is -1.35. The monoisotopic (exact) mass is 433 g/mol. The van der Waals surface area contributed by atoms with Crippen LogP contribution in [0.3, 0.4) is 0 Å². The Hall–Kier alpha value is -3.57. The van der Waals surface area contributed by atoms with Crippen molar-refractivity contribution in [1.82, 2.24) is 0 Å². The van der Waals surface area contributed by atoms with Crippen molar-refractivity contribution < 1.29 is 19.4 Å². The first-order chi connectivity index (χ1) is 14.9. The number of hydrogen-bond donors (Lipinski definition) is 1. The van der Waals surface area contributed by atoms with Gasteiger partial charge in [-0.1, -0.05) is 53.6 Å². The van der Waals surface area contributed by atoms with E-state index in [2.05, 4.69) is 0 Å². The Kier molecular flexibility index (Phi) is 5.53. The lowest BCUT2D eigenvalue weighted by atomic mass is 9.94. The lowest BCUT2D eigenvalue weighted by Gasteiger charge is -2.26. The van der Waals surface area contributed by atoms with Crippen LogP contribution in [0.2, 0.25) is 5.02 Å². The molecule has 1 atom stereocenters. The van der Waals surface area contributed by atoms with Crippen LogP contribution in [0.5, 0.6) is 5.75 Å². The molecule has 0 bridgehead atoms. The maximum Gasteiger partial charge on any atom is 0.300 e. The van der Waals surface area contributed by atoms with Gasteiger partial charge in [0.05, 0.1) is 24.3 Å². The molecule has 3 aromatic carbocycles. The van der Waals surface area contributed by atoms with Crippen molar-refractivity contribution in [3.63, 3.8) is 0 Å². The molecule has 1 N–H and O–H groups in total. The van der Waals surface area contributed by atoms with Crippen LogP contribution in [-0.2, 0) is 9.59 Å². The number of rotatable bonds is 4. The number of aliphatic hydroxyl groups excluding tert-OH is 1. The fourth-order valence-electron chi connectivity index (χ4n) is 3.84. The number of Topliss-reactive ketones (excluding diaryl/α,β-unsaturated/α-hetero) is 1. The molecule has 31 heavy (non-hydrogen) atoms. The van der Waals surface area contributed by atoms with E-state index >= 15 is 0 Å². The molecule has 0 aliphatic carbocycles. The van der Waals surface area contributed by atoms with E-state index in [9.17, 15) is 14.7 Å². The topological polar surface area (TPSA) is 66.8 Å². The number of halogens is 1. The number of aliphatic hydroxyl groups is 1. The summed E-state index contributed by atoms with van der Waals surface area (Å²) in [7, 11) is 1.48. The second-order valence-electron chi connectivity index (χ2n) is 7.26. The fraction of sp³-hybridized carbons (Fsp3) is 0.120. The minimum Gasteiger partial charge on any atom is -0.507 e. The van der Waals surface area contributed by atoms with Crippen LogP contribution in [-0.4, -0.2) is 23.9 Å². The molecule has 1 heterocycles. The Balaban J connectivity index is 1.98. The number of methoxy groups -OCH3 is 1. The van der Waals surface area contributed by atoms with Crippen molar-refractivity contribution >= 4 is 34.7 Å². The summed E-state index contributed by atoms with van der Waals surface area (Å²) < 4.78 is 5.35. The summed E-state index contributed by atoms with van der Waals surface area (Å²) in [6, 6.07) is 20.2. The smallest absolute Gasteiger partial charge is 0.300 e. The van der Waals surface area contributed by atoms with Gasteiger partial charge in [0.2, 0.25) is 0 Å². The Morgan fingerprint density at radius 2 is 1.71 bits per heavy atom. The van der Waals surface area contributed by atoms with Crippen LogP contribution in [0.1, 0.15) is 22.7 Å². The lowest BCUT2D eigenvalue weighted by Crippen LogP contribution is -2.29. The van der Waals surface area contributed by atoms with Crippen molar-refractivity contribution in [3.8, 4) is 5.75 Å². The number of para-hydroxylation sites is 1. The van der Waals surface area contributed by atoms with E-state index in [1.54, 1.807) is 48.5 Å². The average molecular weight is 434 g/mol. The van der Waals surface area contributed by atoms with E-state index < -0.39 is 17.7 Å². The summed E-state index contributed by atoms with van der Waals surface area (Å²) in [6.07, 6.45) is 0. The predicted molar refractivity (Wildman–Crippen MR) is 120 cm³/mol. The number of benzene rings is 3. The first-order valence-electron chi connectivity index (χ1n) is 9.69. The molecule has 4 rings (SSSR count). The summed E-state index contributed by atoms with van der Waals surface area (Å²) >= 11 is 6.02. The third-order valence-electron chi connectivity index (χ3n) is 5.27. The zero-order chi connectivity index (χ0) is 22.1. The minimum atomic E-state index is -0.800. The van der Waals surface area contributed by atoms with E-state index in [4.69, 9.17) is 16.3 Å². The highest BCUT2D eigenvalue weighted by Gasteiger charge is 2.47. The van der Waals surface area contributed by atoms with E-state index in [1.165, 1.54) is 12.0 Å². The first kappa shape index (κ1) is 20.7. The number of anilines is 1. The Bertz CT molecular complexity index is 1200. The van der Waals surface area contributed by atoms with Gasteiger partial charge in [-0.05, 0) is 48.9 Å². The number of ether oxygens (including phenoxy) is 1. The fourth-order valence-corrected chi connectivity index (χ4v) is 3.97. The van der Waals surface area contributed by atoms with Crippen molar-refractivity contribution in [3.05, 3.63) is 100 Å². The van der Waals surface area contributed by atoms with E-state index in [0.717, 1.165) is 5.56 Å². The second-order valence-corrected chi connectivity index (χ2v) is 7.70. The molecule has 1 unspecified atom stereocenters. The molecule has 1 aliphatic heterocycles. The summed E-state index contributed by atoms with van der Waals surface area (Å²) in [5, 5.41) is 11.7. The van der Waals surface area contributed by atoms with Gasteiger partial charge in [0.15, 0.2) is 0 Å². The van der Waals surface area contributed by atoms with Crippen molar-refractivity contribution in [2.45, 2.75) is 13.0 Å². The molecule has 1 aliphatic rings. The summed E-state index contributed by atoms with van der Waals surface area (Å²) in [5.41, 5.74) is 2.55. The third kappa shape index (κ3) is 3.68. The normalized spacial score (nSPS) is 17.8. The predicted octanol–water partition coefficient (Wildman–Crippen LogP) is 5.28. The summed E-state index contributed by atoms with van der Waals surface area (Å²) in [6.45, 7) is 1.93. The van der Waals surface area contributed by atoms with Crippen molar-refractivity contribution in [2.75, 3.05) is 12.0 Å². The number of aryl methyl sites for hydroxylation is 1. The van der Waals surface area contributed by atoms with E-state index in [0.29, 0.717) is 27.6 Å². The van der Waals surface area contributed by atoms with E-state index in [1.807, 2.05) is 31.2 Å². The highest BCUT2D eigenvalue weighted by molar-refractivity contribution is 6.51. The Labute approximate surface area is 185 Å². The molecule has 0 saturated carbocycles. The second kappa shape index (κ2) is 8.28. The van der Waals surface area contributed by atoms with Gasteiger partial charge < -0.3 is 9.84 Å². The van der Waals surface area contributed by atoms with Crippen molar-refractivity contribution in [2.24, 2.45) is 0 Å². The first-order valence-corrected chi connectivity index (χ1v) is 10.1. The van der Waals surface area contributed by atoms with Gasteiger partial charge in [-0.25, -0.2) is 0 Å². The lowest BCUT2D eigenvalue weighted by molar-refractivity contribution is -0.132. The minimum absolute atomic E-state index is 0.00931. The zero-order valence-electron chi connectivity index (χ0n) is 17.0. The Morgan fingerprint density at radius 3 is 2.39 bits per heavy atom. The number of amides is 1. The van der Waals surface area contributed by atoms with Gasteiger partial charge in [0, 0.05) is 10.7 Å². The van der Waals surface area contributed by atoms with Crippen molar-refractivity contribution in [1.29, 1.82) is 0 Å². The van der Waals surface area contributed by atoms with Gasteiger partial charge >= 0.3 is 0 Å². The third-order valence-corrected chi connectivity index (χ3v) is 5.52. The average Bonchev–Trinajstić information content (AvgIpc) is 3.04. The molecule has 0 spiro atoms. The molecule has 156 valence electrons. The number of carbonyl (C=O) groups excluding carboxylic acids is 2. The van der Waals surface area contributed by atoms with Crippen LogP contribution in [0.25, 0.3) is 5.76 Å². The largest absolute Gasteiger partial charge is 0.507 e. The van der Waals surface area contributed by atoms with Crippen LogP contribution < -0.4 is 9.64 Å². The van der Waals surface area contributed by atoms with Gasteiger partial charge in [-0.2, -0.15) is 0 Å². The maximum absolute atomic E-state index is 13.2. The van der Waals surface area contributed by atoms with Crippen LogP contribution in [0.4, 0.5) is 5.69 Å². The van der Waals surface area contributed by atoms with Gasteiger partial charge in [0.1, 0.15) is 11.5 Å². The molecule has 1 saturated heterocycles.